The third-order valence-corrected chi connectivity index (χ3v) is 3.12. The van der Waals surface area contributed by atoms with Crippen molar-refractivity contribution in [3.63, 3.8) is 0 Å². The molecule has 0 saturated carbocycles. The second-order valence-electron chi connectivity index (χ2n) is 3.38. The van der Waals surface area contributed by atoms with E-state index in [4.69, 9.17) is 5.73 Å². The molecule has 0 amide bonds. The summed E-state index contributed by atoms with van der Waals surface area (Å²) in [4.78, 5) is 11.9. The van der Waals surface area contributed by atoms with Crippen LogP contribution in [0.4, 0.5) is 11.8 Å². The molecule has 0 aliphatic heterocycles. The second kappa shape index (κ2) is 4.94. The van der Waals surface area contributed by atoms with Crippen molar-refractivity contribution in [1.29, 1.82) is 0 Å². The molecule has 84 valence electrons. The van der Waals surface area contributed by atoms with Crippen molar-refractivity contribution < 1.29 is 0 Å². The molecule has 0 aliphatic rings. The molecule has 0 spiro atoms. The van der Waals surface area contributed by atoms with Crippen molar-refractivity contribution in [3.8, 4) is 0 Å². The number of anilines is 2. The minimum absolute atomic E-state index is 0.509. The molecule has 0 aliphatic carbocycles. The van der Waals surface area contributed by atoms with Crippen molar-refractivity contribution in [1.82, 2.24) is 9.97 Å². The monoisotopic (exact) mass is 234 g/mol. The highest BCUT2D eigenvalue weighted by atomic mass is 32.1. The van der Waals surface area contributed by atoms with Crippen molar-refractivity contribution in [2.24, 2.45) is 0 Å². The van der Waals surface area contributed by atoms with Crippen LogP contribution < -0.4 is 10.6 Å². The van der Waals surface area contributed by atoms with Crippen LogP contribution in [0.15, 0.2) is 29.8 Å². The Morgan fingerprint density at radius 1 is 1.44 bits per heavy atom. The SMILES string of the molecule is CCN(Cc1cccs1)c1nccc(N)n1. The Kier molecular flexibility index (Phi) is 3.36. The third kappa shape index (κ3) is 2.49. The van der Waals surface area contributed by atoms with Crippen LogP contribution in [0.25, 0.3) is 0 Å². The Morgan fingerprint density at radius 3 is 2.94 bits per heavy atom. The summed E-state index contributed by atoms with van der Waals surface area (Å²) in [7, 11) is 0. The zero-order chi connectivity index (χ0) is 11.4. The Balaban J connectivity index is 2.16. The number of nitrogen functional groups attached to an aromatic ring is 1. The van der Waals surface area contributed by atoms with Gasteiger partial charge >= 0.3 is 0 Å². The Hall–Kier alpha value is -1.62. The Labute approximate surface area is 98.8 Å². The molecule has 5 heteroatoms. The zero-order valence-corrected chi connectivity index (χ0v) is 9.94. The van der Waals surface area contributed by atoms with Gasteiger partial charge in [0.05, 0.1) is 6.54 Å². The predicted octanol–water partition coefficient (Wildman–Crippen LogP) is 2.15. The van der Waals surface area contributed by atoms with Gasteiger partial charge in [0.25, 0.3) is 0 Å². The topological polar surface area (TPSA) is 55.0 Å². The maximum absolute atomic E-state index is 5.65. The summed E-state index contributed by atoms with van der Waals surface area (Å²) in [5.74, 6) is 1.20. The average molecular weight is 234 g/mol. The molecule has 0 bridgehead atoms. The number of hydrogen-bond acceptors (Lipinski definition) is 5. The van der Waals surface area contributed by atoms with Crippen LogP contribution >= 0.6 is 11.3 Å². The van der Waals surface area contributed by atoms with Crippen LogP contribution in [0, 0.1) is 0 Å². The fourth-order valence-corrected chi connectivity index (χ4v) is 2.15. The van der Waals surface area contributed by atoms with Gasteiger partial charge in [-0.2, -0.15) is 4.98 Å². The van der Waals surface area contributed by atoms with Gasteiger partial charge in [0, 0.05) is 17.6 Å². The minimum atomic E-state index is 0.509. The minimum Gasteiger partial charge on any atom is -0.384 e. The van der Waals surface area contributed by atoms with E-state index in [0.717, 1.165) is 13.1 Å². The standard InChI is InChI=1S/C11H14N4S/c1-2-15(8-9-4-3-7-16-9)11-13-6-5-10(12)14-11/h3-7H,2,8H2,1H3,(H2,12,13,14). The van der Waals surface area contributed by atoms with Gasteiger partial charge in [0.2, 0.25) is 5.95 Å². The quantitative estimate of drug-likeness (QED) is 0.880. The lowest BCUT2D eigenvalue weighted by Gasteiger charge is -2.19. The maximum Gasteiger partial charge on any atom is 0.227 e. The number of aromatic nitrogens is 2. The molecule has 0 atom stereocenters. The van der Waals surface area contributed by atoms with E-state index in [1.807, 2.05) is 6.07 Å². The first-order valence-corrected chi connectivity index (χ1v) is 6.03. The van der Waals surface area contributed by atoms with E-state index < -0.39 is 0 Å². The molecule has 2 rings (SSSR count). The van der Waals surface area contributed by atoms with Gasteiger partial charge < -0.3 is 10.6 Å². The summed E-state index contributed by atoms with van der Waals surface area (Å²) in [6.45, 7) is 3.78. The molecular weight excluding hydrogens is 220 g/mol. The first-order chi connectivity index (χ1) is 7.79. The van der Waals surface area contributed by atoms with Crippen molar-refractivity contribution in [2.45, 2.75) is 13.5 Å². The fourth-order valence-electron chi connectivity index (χ4n) is 1.43. The number of thiophene rings is 1. The molecule has 0 saturated heterocycles. The van der Waals surface area contributed by atoms with Gasteiger partial charge in [0.1, 0.15) is 5.82 Å². The lowest BCUT2D eigenvalue weighted by Crippen LogP contribution is -2.23. The Bertz CT molecular complexity index is 441. The number of nitrogens with two attached hydrogens (primary N) is 1. The van der Waals surface area contributed by atoms with Gasteiger partial charge in [-0.1, -0.05) is 6.07 Å². The van der Waals surface area contributed by atoms with Gasteiger partial charge in [-0.15, -0.1) is 11.3 Å². The van der Waals surface area contributed by atoms with Crippen LogP contribution in [-0.2, 0) is 6.54 Å². The van der Waals surface area contributed by atoms with Crippen LogP contribution in [0.5, 0.6) is 0 Å². The fraction of sp³-hybridized carbons (Fsp3) is 0.273. The smallest absolute Gasteiger partial charge is 0.227 e. The highest BCUT2D eigenvalue weighted by Gasteiger charge is 2.08. The Morgan fingerprint density at radius 2 is 2.31 bits per heavy atom. The lowest BCUT2D eigenvalue weighted by atomic mass is 10.4. The molecule has 0 aromatic carbocycles. The second-order valence-corrected chi connectivity index (χ2v) is 4.41. The van der Waals surface area contributed by atoms with E-state index in [1.165, 1.54) is 4.88 Å². The molecule has 2 heterocycles. The summed E-state index contributed by atoms with van der Waals surface area (Å²) in [5, 5.41) is 2.07. The van der Waals surface area contributed by atoms with Gasteiger partial charge in [-0.25, -0.2) is 4.98 Å². The molecule has 2 aromatic heterocycles. The summed E-state index contributed by atoms with van der Waals surface area (Å²) in [5.41, 5.74) is 5.65. The normalized spacial score (nSPS) is 10.3. The molecule has 16 heavy (non-hydrogen) atoms. The molecule has 4 nitrogen and oxygen atoms in total. The van der Waals surface area contributed by atoms with E-state index in [0.29, 0.717) is 11.8 Å². The highest BCUT2D eigenvalue weighted by molar-refractivity contribution is 7.09. The molecule has 0 unspecified atom stereocenters. The average Bonchev–Trinajstić information content (AvgIpc) is 2.78. The van der Waals surface area contributed by atoms with Crippen LogP contribution in [0.3, 0.4) is 0 Å². The largest absolute Gasteiger partial charge is 0.384 e. The lowest BCUT2D eigenvalue weighted by molar-refractivity contribution is 0.801. The van der Waals surface area contributed by atoms with Crippen LogP contribution in [0.1, 0.15) is 11.8 Å². The van der Waals surface area contributed by atoms with Crippen molar-refractivity contribution in [3.05, 3.63) is 34.7 Å². The van der Waals surface area contributed by atoms with E-state index in [-0.39, 0.29) is 0 Å². The summed E-state index contributed by atoms with van der Waals surface area (Å²) in [6.07, 6.45) is 1.69. The first kappa shape index (κ1) is 10.9. The van der Waals surface area contributed by atoms with E-state index in [2.05, 4.69) is 33.2 Å². The highest BCUT2D eigenvalue weighted by Crippen LogP contribution is 2.16. The van der Waals surface area contributed by atoms with Crippen LogP contribution in [-0.4, -0.2) is 16.5 Å². The maximum atomic E-state index is 5.65. The number of nitrogens with zero attached hydrogens (tertiary/aromatic N) is 3. The van der Waals surface area contributed by atoms with Crippen molar-refractivity contribution >= 4 is 23.1 Å². The molecule has 2 N–H and O–H groups in total. The number of hydrogen-bond donors (Lipinski definition) is 1. The van der Waals surface area contributed by atoms with E-state index in [9.17, 15) is 0 Å². The van der Waals surface area contributed by atoms with Gasteiger partial charge in [-0.3, -0.25) is 0 Å². The van der Waals surface area contributed by atoms with E-state index >= 15 is 0 Å². The van der Waals surface area contributed by atoms with Crippen LogP contribution in [0.2, 0.25) is 0 Å². The summed E-state index contributed by atoms with van der Waals surface area (Å²) < 4.78 is 0. The van der Waals surface area contributed by atoms with Gasteiger partial charge in [0.15, 0.2) is 0 Å². The van der Waals surface area contributed by atoms with Gasteiger partial charge in [-0.05, 0) is 24.4 Å². The van der Waals surface area contributed by atoms with E-state index in [1.54, 1.807) is 23.6 Å². The molecule has 2 aromatic rings. The summed E-state index contributed by atoms with van der Waals surface area (Å²) in [6, 6.07) is 5.86. The predicted molar refractivity (Wildman–Crippen MR) is 67.5 cm³/mol. The molecule has 0 radical (unpaired) electrons. The number of rotatable bonds is 4. The first-order valence-electron chi connectivity index (χ1n) is 5.15. The summed E-state index contributed by atoms with van der Waals surface area (Å²) >= 11 is 1.74. The third-order valence-electron chi connectivity index (χ3n) is 2.26. The van der Waals surface area contributed by atoms with Crippen molar-refractivity contribution in [2.75, 3.05) is 17.2 Å². The zero-order valence-electron chi connectivity index (χ0n) is 9.13. The molecule has 0 fully saturated rings. The molecular formula is C11H14N4S.